The molecule has 1 atom stereocenters. The zero-order chi connectivity index (χ0) is 25.1. The lowest BCUT2D eigenvalue weighted by atomic mass is 9.94. The predicted molar refractivity (Wildman–Crippen MR) is 132 cm³/mol. The smallest absolute Gasteiger partial charge is 0.290 e. The number of methoxy groups -OCH3 is 2. The standard InChI is InChI=1S/C27H30N2O6/c1-5-28(6-2)14-15-29-23(18-11-7-8-12-19(18)33-3)22(25(31)27(29)32)24(30)21-16-17-10-9-13-20(34-4)26(17)35-21/h7-13,16,23,31H,5-6,14-15H2,1-4H3/t23-/m1/s1. The Bertz CT molecular complexity index is 1270. The van der Waals surface area contributed by atoms with E-state index in [4.69, 9.17) is 13.9 Å². The van der Waals surface area contributed by atoms with Crippen LogP contribution in [0.3, 0.4) is 0 Å². The van der Waals surface area contributed by atoms with Gasteiger partial charge in [-0.25, -0.2) is 0 Å². The molecule has 0 radical (unpaired) electrons. The third kappa shape index (κ3) is 4.37. The van der Waals surface area contributed by atoms with Gasteiger partial charge in [-0.05, 0) is 31.3 Å². The second-order valence-electron chi connectivity index (χ2n) is 8.25. The van der Waals surface area contributed by atoms with Crippen molar-refractivity contribution in [1.29, 1.82) is 0 Å². The third-order valence-corrected chi connectivity index (χ3v) is 6.49. The molecule has 0 fully saturated rings. The molecule has 0 saturated carbocycles. The first-order valence-electron chi connectivity index (χ1n) is 11.7. The molecule has 0 spiro atoms. The minimum atomic E-state index is -0.822. The van der Waals surface area contributed by atoms with Gasteiger partial charge in [0.05, 0.1) is 25.8 Å². The van der Waals surface area contributed by atoms with Crippen molar-refractivity contribution in [3.8, 4) is 11.5 Å². The maximum absolute atomic E-state index is 13.8. The number of ketones is 1. The fourth-order valence-electron chi connectivity index (χ4n) is 4.56. The van der Waals surface area contributed by atoms with E-state index in [9.17, 15) is 14.7 Å². The first kappa shape index (κ1) is 24.3. The van der Waals surface area contributed by atoms with Gasteiger partial charge in [-0.2, -0.15) is 0 Å². The largest absolute Gasteiger partial charge is 0.503 e. The van der Waals surface area contributed by atoms with Crippen molar-refractivity contribution in [1.82, 2.24) is 9.80 Å². The molecule has 184 valence electrons. The van der Waals surface area contributed by atoms with Crippen LogP contribution in [0.5, 0.6) is 11.5 Å². The molecule has 1 aromatic heterocycles. The number of benzene rings is 2. The highest BCUT2D eigenvalue weighted by molar-refractivity contribution is 6.16. The van der Waals surface area contributed by atoms with Gasteiger partial charge in [0, 0.05) is 24.0 Å². The minimum Gasteiger partial charge on any atom is -0.503 e. The number of rotatable bonds is 10. The van der Waals surface area contributed by atoms with Crippen molar-refractivity contribution >= 4 is 22.7 Å². The van der Waals surface area contributed by atoms with Gasteiger partial charge < -0.3 is 28.8 Å². The Hall–Kier alpha value is -3.78. The molecule has 4 rings (SSSR count). The van der Waals surface area contributed by atoms with Crippen molar-refractivity contribution in [2.75, 3.05) is 40.4 Å². The Kier molecular flexibility index (Phi) is 7.12. The number of Topliss-reactive ketones (excluding diaryl/α,β-unsaturated/α-hetero) is 1. The highest BCUT2D eigenvalue weighted by Gasteiger charge is 2.45. The zero-order valence-corrected chi connectivity index (χ0v) is 20.4. The zero-order valence-electron chi connectivity index (χ0n) is 20.4. The Morgan fingerprint density at radius 2 is 1.74 bits per heavy atom. The number of aliphatic hydroxyl groups is 1. The molecule has 1 aliphatic heterocycles. The van der Waals surface area contributed by atoms with Crippen molar-refractivity contribution < 1.29 is 28.6 Å². The summed E-state index contributed by atoms with van der Waals surface area (Å²) in [5.41, 5.74) is 1.01. The summed E-state index contributed by atoms with van der Waals surface area (Å²) < 4.78 is 16.8. The summed E-state index contributed by atoms with van der Waals surface area (Å²) in [7, 11) is 3.06. The molecule has 2 heterocycles. The second-order valence-corrected chi connectivity index (χ2v) is 8.25. The molecule has 3 aromatic rings. The van der Waals surface area contributed by atoms with E-state index in [0.717, 1.165) is 13.1 Å². The maximum Gasteiger partial charge on any atom is 0.290 e. The number of likely N-dealkylation sites (N-methyl/N-ethyl adjacent to an activating group) is 1. The van der Waals surface area contributed by atoms with Crippen LogP contribution in [0.25, 0.3) is 11.0 Å². The van der Waals surface area contributed by atoms with Gasteiger partial charge in [-0.1, -0.05) is 44.2 Å². The van der Waals surface area contributed by atoms with Crippen LogP contribution in [0.2, 0.25) is 0 Å². The van der Waals surface area contributed by atoms with Gasteiger partial charge in [-0.15, -0.1) is 0 Å². The lowest BCUT2D eigenvalue weighted by Crippen LogP contribution is -2.38. The number of hydrogen-bond donors (Lipinski definition) is 1. The number of carbonyl (C=O) groups is 2. The minimum absolute atomic E-state index is 0.0179. The van der Waals surface area contributed by atoms with Crippen molar-refractivity contribution in [3.05, 3.63) is 71.2 Å². The van der Waals surface area contributed by atoms with E-state index in [1.165, 1.54) is 19.1 Å². The molecule has 0 unspecified atom stereocenters. The number of carbonyl (C=O) groups excluding carboxylic acids is 2. The van der Waals surface area contributed by atoms with Crippen LogP contribution in [0, 0.1) is 0 Å². The maximum atomic E-state index is 13.8. The molecule has 1 aliphatic rings. The molecule has 35 heavy (non-hydrogen) atoms. The van der Waals surface area contributed by atoms with E-state index in [-0.39, 0.29) is 11.3 Å². The van der Waals surface area contributed by atoms with E-state index in [2.05, 4.69) is 4.90 Å². The first-order chi connectivity index (χ1) is 16.9. The van der Waals surface area contributed by atoms with Crippen molar-refractivity contribution in [3.63, 3.8) is 0 Å². The number of para-hydroxylation sites is 2. The van der Waals surface area contributed by atoms with Gasteiger partial charge >= 0.3 is 0 Å². The Morgan fingerprint density at radius 1 is 1.06 bits per heavy atom. The quantitative estimate of drug-likeness (QED) is 0.433. The van der Waals surface area contributed by atoms with Crippen LogP contribution in [0.15, 0.2) is 64.3 Å². The molecule has 0 bridgehead atoms. The molecule has 2 aromatic carbocycles. The van der Waals surface area contributed by atoms with Crippen LogP contribution in [-0.2, 0) is 4.79 Å². The van der Waals surface area contributed by atoms with E-state index >= 15 is 0 Å². The van der Waals surface area contributed by atoms with Crippen LogP contribution in [0.4, 0.5) is 0 Å². The Morgan fingerprint density at radius 3 is 2.43 bits per heavy atom. The summed E-state index contributed by atoms with van der Waals surface area (Å²) in [6.45, 7) is 6.67. The third-order valence-electron chi connectivity index (χ3n) is 6.49. The number of hydrogen-bond acceptors (Lipinski definition) is 7. The normalized spacial score (nSPS) is 16.0. The SMILES string of the molecule is CCN(CC)CCN1C(=O)C(O)=C(C(=O)c2cc3cccc(OC)c3o2)[C@H]1c1ccccc1OC. The van der Waals surface area contributed by atoms with Gasteiger partial charge in [0.1, 0.15) is 5.75 Å². The molecular formula is C27H30N2O6. The summed E-state index contributed by atoms with van der Waals surface area (Å²) >= 11 is 0. The van der Waals surface area contributed by atoms with Crippen LogP contribution >= 0.6 is 0 Å². The topological polar surface area (TPSA) is 92.5 Å². The van der Waals surface area contributed by atoms with E-state index in [1.807, 2.05) is 26.0 Å². The lowest BCUT2D eigenvalue weighted by Gasteiger charge is -2.30. The number of aliphatic hydroxyl groups excluding tert-OH is 1. The lowest BCUT2D eigenvalue weighted by molar-refractivity contribution is -0.129. The van der Waals surface area contributed by atoms with Gasteiger partial charge in [0.25, 0.3) is 5.91 Å². The number of nitrogens with zero attached hydrogens (tertiary/aromatic N) is 2. The average molecular weight is 479 g/mol. The summed E-state index contributed by atoms with van der Waals surface area (Å²) in [6, 6.07) is 13.3. The second kappa shape index (κ2) is 10.2. The Labute approximate surface area is 204 Å². The predicted octanol–water partition coefficient (Wildman–Crippen LogP) is 4.37. The van der Waals surface area contributed by atoms with Crippen LogP contribution in [-0.4, -0.2) is 67.0 Å². The average Bonchev–Trinajstić information content (AvgIpc) is 3.43. The number of ether oxygens (including phenoxy) is 2. The highest BCUT2D eigenvalue weighted by Crippen LogP contribution is 2.43. The molecule has 8 nitrogen and oxygen atoms in total. The fraction of sp³-hybridized carbons (Fsp3) is 0.333. The molecule has 1 amide bonds. The summed E-state index contributed by atoms with van der Waals surface area (Å²) in [6.07, 6.45) is 0. The van der Waals surface area contributed by atoms with Crippen molar-refractivity contribution in [2.45, 2.75) is 19.9 Å². The van der Waals surface area contributed by atoms with E-state index in [0.29, 0.717) is 41.1 Å². The van der Waals surface area contributed by atoms with Gasteiger partial charge in [-0.3, -0.25) is 9.59 Å². The number of amides is 1. The van der Waals surface area contributed by atoms with Crippen LogP contribution < -0.4 is 9.47 Å². The molecule has 8 heteroatoms. The number of fused-ring (bicyclic) bond motifs is 1. The summed E-state index contributed by atoms with van der Waals surface area (Å²) in [5, 5.41) is 11.6. The van der Waals surface area contributed by atoms with Gasteiger partial charge in [0.15, 0.2) is 22.9 Å². The van der Waals surface area contributed by atoms with E-state index in [1.54, 1.807) is 36.4 Å². The van der Waals surface area contributed by atoms with Crippen molar-refractivity contribution in [2.24, 2.45) is 0 Å². The summed E-state index contributed by atoms with van der Waals surface area (Å²) in [4.78, 5) is 30.7. The van der Waals surface area contributed by atoms with Crippen LogP contribution in [0.1, 0.15) is 36.0 Å². The monoisotopic (exact) mass is 478 g/mol. The molecule has 0 saturated heterocycles. The highest BCUT2D eigenvalue weighted by atomic mass is 16.5. The molecule has 0 aliphatic carbocycles. The fourth-order valence-corrected chi connectivity index (χ4v) is 4.56. The van der Waals surface area contributed by atoms with Gasteiger partial charge in [0.2, 0.25) is 5.78 Å². The van der Waals surface area contributed by atoms with E-state index < -0.39 is 23.5 Å². The molecular weight excluding hydrogens is 448 g/mol. The molecule has 1 N–H and O–H groups in total. The number of furan rings is 1. The first-order valence-corrected chi connectivity index (χ1v) is 11.7. The Balaban J connectivity index is 1.80. The summed E-state index contributed by atoms with van der Waals surface area (Å²) in [5.74, 6) is -0.698.